The molecule has 0 aliphatic carbocycles. The fourth-order valence-electron chi connectivity index (χ4n) is 3.24. The summed E-state index contributed by atoms with van der Waals surface area (Å²) < 4.78 is 8.11. The van der Waals surface area contributed by atoms with Crippen LogP contribution in [-0.4, -0.2) is 27.5 Å². The normalized spacial score (nSPS) is 20.0. The van der Waals surface area contributed by atoms with Crippen LogP contribution in [0.25, 0.3) is 0 Å². The van der Waals surface area contributed by atoms with E-state index in [2.05, 4.69) is 46.6 Å². The number of rotatable bonds is 5. The van der Waals surface area contributed by atoms with Crippen LogP contribution < -0.4 is 0 Å². The average Bonchev–Trinajstić information content (AvgIpc) is 3.09. The second-order valence-corrected chi connectivity index (χ2v) is 6.09. The number of imidazole rings is 1. The molecule has 2 aromatic rings. The van der Waals surface area contributed by atoms with Gasteiger partial charge in [0, 0.05) is 31.9 Å². The largest absolute Gasteiger partial charge is 0.465 e. The third kappa shape index (κ3) is 3.56. The van der Waals surface area contributed by atoms with Crippen LogP contribution in [0.2, 0.25) is 0 Å². The molecule has 1 saturated heterocycles. The van der Waals surface area contributed by atoms with Crippen molar-refractivity contribution in [3.05, 3.63) is 41.9 Å². The minimum absolute atomic E-state index is 0.715. The zero-order valence-corrected chi connectivity index (χ0v) is 13.1. The van der Waals surface area contributed by atoms with Crippen LogP contribution in [0.3, 0.4) is 0 Å². The Morgan fingerprint density at radius 2 is 2.19 bits per heavy atom. The second-order valence-electron chi connectivity index (χ2n) is 6.09. The SMILES string of the molecule is CCc1ccc(CN2CCC[C@H](Cn3ccnc3C)C2)o1. The van der Waals surface area contributed by atoms with Gasteiger partial charge in [0.2, 0.25) is 0 Å². The van der Waals surface area contributed by atoms with Crippen molar-refractivity contribution in [3.63, 3.8) is 0 Å². The summed E-state index contributed by atoms with van der Waals surface area (Å²) in [5.74, 6) is 4.02. The Labute approximate surface area is 126 Å². The van der Waals surface area contributed by atoms with Crippen molar-refractivity contribution in [1.29, 1.82) is 0 Å². The first kappa shape index (κ1) is 14.4. The smallest absolute Gasteiger partial charge is 0.118 e. The van der Waals surface area contributed by atoms with E-state index in [1.807, 2.05) is 6.20 Å². The Hall–Kier alpha value is -1.55. The van der Waals surface area contributed by atoms with Crippen LogP contribution in [0, 0.1) is 12.8 Å². The molecule has 3 rings (SSSR count). The van der Waals surface area contributed by atoms with Gasteiger partial charge in [-0.25, -0.2) is 4.98 Å². The molecule has 0 unspecified atom stereocenters. The maximum Gasteiger partial charge on any atom is 0.118 e. The summed E-state index contributed by atoms with van der Waals surface area (Å²) in [5.41, 5.74) is 0. The van der Waals surface area contributed by atoms with Gasteiger partial charge in [-0.1, -0.05) is 6.92 Å². The quantitative estimate of drug-likeness (QED) is 0.846. The summed E-state index contributed by atoms with van der Waals surface area (Å²) >= 11 is 0. The van der Waals surface area contributed by atoms with Gasteiger partial charge in [-0.2, -0.15) is 0 Å². The first-order valence-corrected chi connectivity index (χ1v) is 8.02. The van der Waals surface area contributed by atoms with Crippen molar-refractivity contribution in [2.24, 2.45) is 5.92 Å². The number of nitrogens with zero attached hydrogens (tertiary/aromatic N) is 3. The molecule has 0 radical (unpaired) electrons. The number of furan rings is 1. The highest BCUT2D eigenvalue weighted by atomic mass is 16.3. The van der Waals surface area contributed by atoms with E-state index in [0.29, 0.717) is 5.92 Å². The summed E-state index contributed by atoms with van der Waals surface area (Å²) in [6.07, 6.45) is 7.55. The van der Waals surface area contributed by atoms with Crippen molar-refractivity contribution in [3.8, 4) is 0 Å². The lowest BCUT2D eigenvalue weighted by molar-refractivity contribution is 0.145. The molecule has 1 atom stereocenters. The molecule has 1 aliphatic rings. The standard InChI is InChI=1S/C17H25N3O/c1-3-16-6-7-17(21-16)13-19-9-4-5-15(11-19)12-20-10-8-18-14(20)2/h6-8,10,15H,3-5,9,11-13H2,1-2H3/t15-/m0/s1. The van der Waals surface area contributed by atoms with E-state index in [4.69, 9.17) is 4.42 Å². The molecule has 4 nitrogen and oxygen atoms in total. The van der Waals surface area contributed by atoms with Gasteiger partial charge in [-0.3, -0.25) is 4.90 Å². The molecule has 4 heteroatoms. The summed E-state index contributed by atoms with van der Waals surface area (Å²) in [4.78, 5) is 6.84. The average molecular weight is 287 g/mol. The molecule has 0 N–H and O–H groups in total. The van der Waals surface area contributed by atoms with E-state index >= 15 is 0 Å². The van der Waals surface area contributed by atoms with E-state index in [1.165, 1.54) is 19.4 Å². The van der Waals surface area contributed by atoms with E-state index in [1.54, 1.807) is 0 Å². The van der Waals surface area contributed by atoms with Gasteiger partial charge in [0.05, 0.1) is 6.54 Å². The van der Waals surface area contributed by atoms with Crippen molar-refractivity contribution < 1.29 is 4.42 Å². The number of likely N-dealkylation sites (tertiary alicyclic amines) is 1. The molecule has 0 amide bonds. The Bertz CT molecular complexity index is 572. The number of aromatic nitrogens is 2. The third-order valence-corrected chi connectivity index (χ3v) is 4.43. The molecule has 3 heterocycles. The van der Waals surface area contributed by atoms with Crippen molar-refractivity contribution in [2.45, 2.75) is 46.2 Å². The predicted octanol–water partition coefficient (Wildman–Crippen LogP) is 3.26. The number of hydrogen-bond acceptors (Lipinski definition) is 3. The van der Waals surface area contributed by atoms with Crippen LogP contribution >= 0.6 is 0 Å². The fraction of sp³-hybridized carbons (Fsp3) is 0.588. The topological polar surface area (TPSA) is 34.2 Å². The van der Waals surface area contributed by atoms with Gasteiger partial charge in [0.15, 0.2) is 0 Å². The number of piperidine rings is 1. The second kappa shape index (κ2) is 6.48. The first-order valence-electron chi connectivity index (χ1n) is 8.02. The van der Waals surface area contributed by atoms with E-state index in [0.717, 1.165) is 43.4 Å². The van der Waals surface area contributed by atoms with Gasteiger partial charge in [0.1, 0.15) is 17.3 Å². The van der Waals surface area contributed by atoms with Gasteiger partial charge < -0.3 is 8.98 Å². The summed E-state index contributed by atoms with van der Waals surface area (Å²) in [5, 5.41) is 0. The first-order chi connectivity index (χ1) is 10.2. The molecule has 2 aromatic heterocycles. The van der Waals surface area contributed by atoms with E-state index < -0.39 is 0 Å². The molecule has 1 fully saturated rings. The van der Waals surface area contributed by atoms with Crippen LogP contribution in [-0.2, 0) is 19.5 Å². The highest BCUT2D eigenvalue weighted by Gasteiger charge is 2.21. The number of hydrogen-bond donors (Lipinski definition) is 0. The van der Waals surface area contributed by atoms with Gasteiger partial charge in [-0.15, -0.1) is 0 Å². The summed E-state index contributed by atoms with van der Waals surface area (Å²) in [7, 11) is 0. The molecular formula is C17H25N3O. The Balaban J connectivity index is 1.56. The minimum atomic E-state index is 0.715. The molecule has 0 saturated carbocycles. The van der Waals surface area contributed by atoms with Crippen LogP contribution in [0.5, 0.6) is 0 Å². The molecule has 114 valence electrons. The van der Waals surface area contributed by atoms with Gasteiger partial charge in [-0.05, 0) is 44.4 Å². The molecule has 0 spiro atoms. The van der Waals surface area contributed by atoms with Crippen molar-refractivity contribution >= 4 is 0 Å². The minimum Gasteiger partial charge on any atom is -0.465 e. The monoisotopic (exact) mass is 287 g/mol. The molecule has 21 heavy (non-hydrogen) atoms. The highest BCUT2D eigenvalue weighted by Crippen LogP contribution is 2.21. The Morgan fingerprint density at radius 3 is 2.90 bits per heavy atom. The lowest BCUT2D eigenvalue weighted by Crippen LogP contribution is -2.36. The molecular weight excluding hydrogens is 262 g/mol. The maximum atomic E-state index is 5.84. The van der Waals surface area contributed by atoms with Gasteiger partial charge in [0.25, 0.3) is 0 Å². The summed E-state index contributed by atoms with van der Waals surface area (Å²) in [6, 6.07) is 4.23. The van der Waals surface area contributed by atoms with Crippen molar-refractivity contribution in [1.82, 2.24) is 14.5 Å². The number of aryl methyl sites for hydroxylation is 2. The fourth-order valence-corrected chi connectivity index (χ4v) is 3.24. The lowest BCUT2D eigenvalue weighted by atomic mass is 9.98. The van der Waals surface area contributed by atoms with Crippen LogP contribution in [0.4, 0.5) is 0 Å². The predicted molar refractivity (Wildman–Crippen MR) is 83.1 cm³/mol. The van der Waals surface area contributed by atoms with Crippen molar-refractivity contribution in [2.75, 3.05) is 13.1 Å². The molecule has 0 aromatic carbocycles. The maximum absolute atomic E-state index is 5.84. The lowest BCUT2D eigenvalue weighted by Gasteiger charge is -2.32. The van der Waals surface area contributed by atoms with Crippen LogP contribution in [0.1, 0.15) is 37.1 Å². The van der Waals surface area contributed by atoms with Crippen LogP contribution in [0.15, 0.2) is 28.9 Å². The highest BCUT2D eigenvalue weighted by molar-refractivity contribution is 5.07. The molecule has 1 aliphatic heterocycles. The van der Waals surface area contributed by atoms with E-state index in [-0.39, 0.29) is 0 Å². The summed E-state index contributed by atoms with van der Waals surface area (Å²) in [6.45, 7) is 8.57. The molecule has 0 bridgehead atoms. The zero-order valence-electron chi connectivity index (χ0n) is 13.1. The Kier molecular flexibility index (Phi) is 4.44. The Morgan fingerprint density at radius 1 is 1.33 bits per heavy atom. The van der Waals surface area contributed by atoms with E-state index in [9.17, 15) is 0 Å². The zero-order chi connectivity index (χ0) is 14.7. The third-order valence-electron chi connectivity index (χ3n) is 4.43. The van der Waals surface area contributed by atoms with Gasteiger partial charge >= 0.3 is 0 Å².